The molecule has 0 fully saturated rings. The molecule has 0 radical (unpaired) electrons. The highest BCUT2D eigenvalue weighted by Crippen LogP contribution is 2.22. The van der Waals surface area contributed by atoms with Crippen molar-refractivity contribution in [2.75, 3.05) is 18.1 Å². The molecule has 1 aromatic carbocycles. The Bertz CT molecular complexity index is 583. The van der Waals surface area contributed by atoms with Gasteiger partial charge in [0.05, 0.1) is 16.0 Å². The quantitative estimate of drug-likeness (QED) is 0.906. The van der Waals surface area contributed by atoms with E-state index in [0.29, 0.717) is 11.3 Å². The first-order chi connectivity index (χ1) is 8.19. The molecule has 5 heteroatoms. The second kappa shape index (κ2) is 4.99. The monoisotopic (exact) mass is 266 g/mol. The number of anilines is 1. The number of hydrogen-bond donors (Lipinski definition) is 1. The molecule has 0 aliphatic carbocycles. The molecular weight excluding hydrogens is 248 g/mol. The molecule has 0 aliphatic rings. The third-order valence-electron chi connectivity index (χ3n) is 3.09. The van der Waals surface area contributed by atoms with E-state index in [4.69, 9.17) is 5.26 Å². The Morgan fingerprint density at radius 1 is 1.39 bits per heavy atom. The molecule has 0 aliphatic heterocycles. The van der Waals surface area contributed by atoms with Crippen molar-refractivity contribution in [1.82, 2.24) is 0 Å². The van der Waals surface area contributed by atoms with Crippen molar-refractivity contribution in [3.8, 4) is 6.07 Å². The molecule has 0 saturated carbocycles. The van der Waals surface area contributed by atoms with Crippen LogP contribution in [-0.2, 0) is 9.84 Å². The van der Waals surface area contributed by atoms with Crippen LogP contribution in [0.5, 0.6) is 0 Å². The fourth-order valence-corrected chi connectivity index (χ4v) is 1.76. The molecule has 0 amide bonds. The molecule has 1 aromatic rings. The maximum atomic E-state index is 11.6. The van der Waals surface area contributed by atoms with Crippen LogP contribution in [0.4, 0.5) is 5.69 Å². The van der Waals surface area contributed by atoms with E-state index in [1.165, 1.54) is 6.26 Å². The van der Waals surface area contributed by atoms with Gasteiger partial charge in [-0.05, 0) is 32.4 Å². The third-order valence-corrected chi connectivity index (χ3v) is 5.24. The molecule has 1 rings (SSSR count). The van der Waals surface area contributed by atoms with Crippen molar-refractivity contribution >= 4 is 15.5 Å². The molecule has 0 unspecified atom stereocenters. The maximum Gasteiger partial charge on any atom is 0.154 e. The lowest BCUT2D eigenvalue weighted by molar-refractivity contribution is 0.560. The first-order valence-electron chi connectivity index (χ1n) is 5.62. The molecule has 0 atom stereocenters. The number of benzene rings is 1. The van der Waals surface area contributed by atoms with Gasteiger partial charge in [-0.25, -0.2) is 8.42 Å². The highest BCUT2D eigenvalue weighted by molar-refractivity contribution is 7.92. The van der Waals surface area contributed by atoms with E-state index in [1.54, 1.807) is 26.0 Å². The van der Waals surface area contributed by atoms with Crippen LogP contribution in [0.3, 0.4) is 0 Å². The van der Waals surface area contributed by atoms with E-state index in [0.717, 1.165) is 5.56 Å². The van der Waals surface area contributed by atoms with Gasteiger partial charge in [0.15, 0.2) is 9.84 Å². The van der Waals surface area contributed by atoms with Gasteiger partial charge in [-0.1, -0.05) is 12.1 Å². The van der Waals surface area contributed by atoms with Gasteiger partial charge in [-0.2, -0.15) is 5.26 Å². The van der Waals surface area contributed by atoms with Crippen LogP contribution in [0.25, 0.3) is 0 Å². The fourth-order valence-electron chi connectivity index (χ4n) is 1.43. The van der Waals surface area contributed by atoms with Crippen LogP contribution in [0, 0.1) is 18.3 Å². The third kappa shape index (κ3) is 3.02. The second-order valence-electron chi connectivity index (χ2n) is 4.99. The number of aryl methyl sites for hydroxylation is 1. The summed E-state index contributed by atoms with van der Waals surface area (Å²) in [6.45, 7) is 5.49. The van der Waals surface area contributed by atoms with Crippen molar-refractivity contribution in [2.24, 2.45) is 0 Å². The molecule has 0 bridgehead atoms. The van der Waals surface area contributed by atoms with Crippen LogP contribution in [0.15, 0.2) is 18.2 Å². The SMILES string of the molecule is Cc1cccc(C#N)c1NCC(C)(C)S(C)(=O)=O. The zero-order chi connectivity index (χ0) is 14.0. The minimum absolute atomic E-state index is 0.269. The van der Waals surface area contributed by atoms with Gasteiger partial charge in [0.25, 0.3) is 0 Å². The standard InChI is InChI=1S/C13H18N2O2S/c1-10-6-5-7-11(8-14)12(10)15-9-13(2,3)18(4,16)17/h5-7,15H,9H2,1-4H3. The number of nitrogens with one attached hydrogen (secondary N) is 1. The first kappa shape index (κ1) is 14.5. The molecule has 0 spiro atoms. The number of nitriles is 1. The van der Waals surface area contributed by atoms with E-state index in [9.17, 15) is 8.42 Å². The highest BCUT2D eigenvalue weighted by atomic mass is 32.2. The first-order valence-corrected chi connectivity index (χ1v) is 7.51. The van der Waals surface area contributed by atoms with E-state index < -0.39 is 14.6 Å². The summed E-state index contributed by atoms with van der Waals surface area (Å²) in [6, 6.07) is 7.50. The van der Waals surface area contributed by atoms with Crippen molar-refractivity contribution in [2.45, 2.75) is 25.5 Å². The van der Waals surface area contributed by atoms with Crippen LogP contribution in [-0.4, -0.2) is 26.0 Å². The Balaban J connectivity index is 2.99. The lowest BCUT2D eigenvalue weighted by atomic mass is 10.1. The molecule has 98 valence electrons. The van der Waals surface area contributed by atoms with Crippen molar-refractivity contribution in [3.63, 3.8) is 0 Å². The predicted octanol–water partition coefficient (Wildman–Crippen LogP) is 2.10. The summed E-state index contributed by atoms with van der Waals surface area (Å²) >= 11 is 0. The van der Waals surface area contributed by atoms with Gasteiger partial charge in [0, 0.05) is 12.8 Å². The summed E-state index contributed by atoms with van der Waals surface area (Å²) in [4.78, 5) is 0. The van der Waals surface area contributed by atoms with Crippen LogP contribution in [0.1, 0.15) is 25.0 Å². The molecule has 0 aromatic heterocycles. The van der Waals surface area contributed by atoms with Crippen molar-refractivity contribution in [3.05, 3.63) is 29.3 Å². The van der Waals surface area contributed by atoms with Gasteiger partial charge < -0.3 is 5.32 Å². The number of nitrogens with zero attached hydrogens (tertiary/aromatic N) is 1. The minimum atomic E-state index is -3.15. The van der Waals surface area contributed by atoms with Gasteiger partial charge in [0.1, 0.15) is 6.07 Å². The number of hydrogen-bond acceptors (Lipinski definition) is 4. The predicted molar refractivity (Wildman–Crippen MR) is 73.3 cm³/mol. The highest BCUT2D eigenvalue weighted by Gasteiger charge is 2.30. The smallest absolute Gasteiger partial charge is 0.154 e. The summed E-state index contributed by atoms with van der Waals surface area (Å²) in [7, 11) is -3.15. The summed E-state index contributed by atoms with van der Waals surface area (Å²) in [6.07, 6.45) is 1.22. The van der Waals surface area contributed by atoms with Gasteiger partial charge in [-0.15, -0.1) is 0 Å². The molecule has 18 heavy (non-hydrogen) atoms. The summed E-state index contributed by atoms with van der Waals surface area (Å²) < 4.78 is 22.3. The Kier molecular flexibility index (Phi) is 4.02. The Labute approximate surface area is 109 Å². The van der Waals surface area contributed by atoms with Gasteiger partial charge in [-0.3, -0.25) is 0 Å². The lowest BCUT2D eigenvalue weighted by Crippen LogP contribution is -2.38. The zero-order valence-corrected chi connectivity index (χ0v) is 11.9. The van der Waals surface area contributed by atoms with E-state index in [1.807, 2.05) is 13.0 Å². The molecule has 0 heterocycles. The Morgan fingerprint density at radius 3 is 2.50 bits per heavy atom. The number of para-hydroxylation sites is 1. The largest absolute Gasteiger partial charge is 0.382 e. The van der Waals surface area contributed by atoms with Crippen LogP contribution in [0.2, 0.25) is 0 Å². The molecular formula is C13H18N2O2S. The Hall–Kier alpha value is -1.54. The number of sulfone groups is 1. The molecule has 4 nitrogen and oxygen atoms in total. The normalized spacial score (nSPS) is 11.9. The van der Waals surface area contributed by atoms with Crippen molar-refractivity contribution in [1.29, 1.82) is 5.26 Å². The molecule has 1 N–H and O–H groups in total. The van der Waals surface area contributed by atoms with Crippen LogP contribution < -0.4 is 5.32 Å². The minimum Gasteiger partial charge on any atom is -0.382 e. The number of rotatable bonds is 4. The van der Waals surface area contributed by atoms with E-state index in [2.05, 4.69) is 11.4 Å². The van der Waals surface area contributed by atoms with Crippen molar-refractivity contribution < 1.29 is 8.42 Å². The van der Waals surface area contributed by atoms with E-state index in [-0.39, 0.29) is 6.54 Å². The average molecular weight is 266 g/mol. The molecule has 0 saturated heterocycles. The maximum absolute atomic E-state index is 11.6. The summed E-state index contributed by atoms with van der Waals surface area (Å²) in [5, 5.41) is 12.1. The average Bonchev–Trinajstić information content (AvgIpc) is 2.25. The Morgan fingerprint density at radius 2 is 2.00 bits per heavy atom. The summed E-state index contributed by atoms with van der Waals surface area (Å²) in [5.74, 6) is 0. The zero-order valence-electron chi connectivity index (χ0n) is 11.1. The van der Waals surface area contributed by atoms with Gasteiger partial charge >= 0.3 is 0 Å². The fraction of sp³-hybridized carbons (Fsp3) is 0.462. The topological polar surface area (TPSA) is 70.0 Å². The summed E-state index contributed by atoms with van der Waals surface area (Å²) in [5.41, 5.74) is 2.16. The van der Waals surface area contributed by atoms with Crippen LogP contribution >= 0.6 is 0 Å². The van der Waals surface area contributed by atoms with E-state index >= 15 is 0 Å². The van der Waals surface area contributed by atoms with Gasteiger partial charge in [0.2, 0.25) is 0 Å². The lowest BCUT2D eigenvalue weighted by Gasteiger charge is -2.24. The second-order valence-corrected chi connectivity index (χ2v) is 7.64.